The highest BCUT2D eigenvalue weighted by Crippen LogP contribution is 2.36. The van der Waals surface area contributed by atoms with Gasteiger partial charge in [-0.05, 0) is 36.8 Å². The summed E-state index contributed by atoms with van der Waals surface area (Å²) in [4.78, 5) is 0. The van der Waals surface area contributed by atoms with Gasteiger partial charge in [-0.15, -0.1) is 0 Å². The number of hydrogen-bond donors (Lipinski definition) is 2. The third kappa shape index (κ3) is 5.40. The molecule has 4 atom stereocenters. The zero-order chi connectivity index (χ0) is 17.5. The fraction of sp³-hybridized carbons (Fsp3) is 0.611. The predicted octanol–water partition coefficient (Wildman–Crippen LogP) is 3.56. The molecule has 5 nitrogen and oxygen atoms in total. The van der Waals surface area contributed by atoms with E-state index in [1.807, 2.05) is 30.3 Å². The molecule has 0 radical (unpaired) electrons. The van der Waals surface area contributed by atoms with E-state index in [9.17, 15) is 0 Å². The van der Waals surface area contributed by atoms with E-state index in [-0.39, 0.29) is 0 Å². The smallest absolute Gasteiger partial charge is 0.201 e. The van der Waals surface area contributed by atoms with Crippen LogP contribution in [-0.4, -0.2) is 23.1 Å². The number of hydrogen-bond acceptors (Lipinski definition) is 5. The Balaban J connectivity index is 1.75. The first kappa shape index (κ1) is 19.1. The third-order valence-corrected chi connectivity index (χ3v) is 5.71. The molecule has 0 bridgehead atoms. The first-order valence-electron chi connectivity index (χ1n) is 8.72. The van der Waals surface area contributed by atoms with Crippen LogP contribution >= 0.6 is 11.8 Å². The van der Waals surface area contributed by atoms with E-state index < -0.39 is 0 Å². The summed E-state index contributed by atoms with van der Waals surface area (Å²) in [6.07, 6.45) is 4.42. The molecule has 1 saturated heterocycles. The highest BCUT2D eigenvalue weighted by atomic mass is 32.2. The minimum Gasteiger partial charge on any atom is -0.369 e. The molecule has 3 unspecified atom stereocenters. The number of rotatable bonds is 8. The topological polar surface area (TPSA) is 80.2 Å². The Hall–Kier alpha value is -1.24. The fourth-order valence-electron chi connectivity index (χ4n) is 3.02. The summed E-state index contributed by atoms with van der Waals surface area (Å²) in [5.74, 6) is 13.8. The number of nitrogens with zero attached hydrogens (tertiary/aromatic N) is 2. The van der Waals surface area contributed by atoms with E-state index in [1.165, 1.54) is 17.9 Å². The molecule has 0 spiro atoms. The van der Waals surface area contributed by atoms with Crippen molar-refractivity contribution in [1.82, 2.24) is 0 Å². The van der Waals surface area contributed by atoms with Crippen LogP contribution in [0.3, 0.4) is 0 Å². The average Bonchev–Trinajstić information content (AvgIpc) is 3.35. The Morgan fingerprint density at radius 2 is 2.04 bits per heavy atom. The highest BCUT2D eigenvalue weighted by molar-refractivity contribution is 8.14. The van der Waals surface area contributed by atoms with Crippen LogP contribution < -0.4 is 16.7 Å². The number of nitrogens with two attached hydrogens (primary N) is 2. The summed E-state index contributed by atoms with van der Waals surface area (Å²) < 4.78 is 5.85. The summed E-state index contributed by atoms with van der Waals surface area (Å²) in [6, 6.07) is 9.72. The van der Waals surface area contributed by atoms with Gasteiger partial charge in [0.05, 0.1) is 17.9 Å². The summed E-state index contributed by atoms with van der Waals surface area (Å²) in [5, 5.41) is 6.01. The van der Waals surface area contributed by atoms with Gasteiger partial charge < -0.3 is 10.6 Å². The first-order valence-corrected chi connectivity index (χ1v) is 9.71. The summed E-state index contributed by atoms with van der Waals surface area (Å²) >= 11 is 1.59. The Morgan fingerprint density at radius 3 is 2.67 bits per heavy atom. The summed E-state index contributed by atoms with van der Waals surface area (Å²) in [7, 11) is 0. The Kier molecular flexibility index (Phi) is 7.40. The van der Waals surface area contributed by atoms with E-state index in [1.54, 1.807) is 11.8 Å². The number of ether oxygens (including phenoxy) is 1. The van der Waals surface area contributed by atoms with Crippen molar-refractivity contribution in [3.05, 3.63) is 30.3 Å². The van der Waals surface area contributed by atoms with Gasteiger partial charge in [-0.2, -0.15) is 5.10 Å². The molecule has 24 heavy (non-hydrogen) atoms. The van der Waals surface area contributed by atoms with Crippen molar-refractivity contribution in [1.29, 1.82) is 0 Å². The van der Waals surface area contributed by atoms with E-state index >= 15 is 0 Å². The molecule has 0 aromatic heterocycles. The number of amidine groups is 1. The van der Waals surface area contributed by atoms with Crippen molar-refractivity contribution in [2.24, 2.45) is 28.6 Å². The second-order valence-corrected chi connectivity index (χ2v) is 7.66. The molecule has 1 aliphatic rings. The highest BCUT2D eigenvalue weighted by Gasteiger charge is 2.42. The number of anilines is 1. The van der Waals surface area contributed by atoms with Crippen molar-refractivity contribution < 1.29 is 4.74 Å². The predicted molar refractivity (Wildman–Crippen MR) is 104 cm³/mol. The molecule has 1 fully saturated rings. The lowest BCUT2D eigenvalue weighted by atomic mass is 9.96. The minimum atomic E-state index is 0.420. The number of hydrazine groups is 1. The summed E-state index contributed by atoms with van der Waals surface area (Å²) in [6.45, 7) is 6.76. The number of hydrazone groups is 1. The Bertz CT molecular complexity index is 525. The maximum Gasteiger partial charge on any atom is 0.201 e. The second-order valence-electron chi connectivity index (χ2n) is 6.67. The van der Waals surface area contributed by atoms with Crippen LogP contribution in [0.5, 0.6) is 0 Å². The van der Waals surface area contributed by atoms with E-state index in [0.29, 0.717) is 29.2 Å². The molecule has 1 heterocycles. The molecule has 0 amide bonds. The van der Waals surface area contributed by atoms with Crippen LogP contribution in [0.1, 0.15) is 40.0 Å². The van der Waals surface area contributed by atoms with Gasteiger partial charge in [0.15, 0.2) is 0 Å². The van der Waals surface area contributed by atoms with Crippen molar-refractivity contribution in [3.8, 4) is 0 Å². The Morgan fingerprint density at radius 1 is 1.33 bits per heavy atom. The van der Waals surface area contributed by atoms with Crippen LogP contribution in [0, 0.1) is 11.8 Å². The minimum absolute atomic E-state index is 0.420. The van der Waals surface area contributed by atoms with Crippen molar-refractivity contribution in [2.45, 2.75) is 52.2 Å². The van der Waals surface area contributed by atoms with Gasteiger partial charge in [-0.25, -0.2) is 5.84 Å². The van der Waals surface area contributed by atoms with Gasteiger partial charge in [-0.1, -0.05) is 57.2 Å². The zero-order valence-corrected chi connectivity index (χ0v) is 15.7. The molecule has 4 N–H and O–H groups in total. The number of epoxide rings is 1. The monoisotopic (exact) mass is 350 g/mol. The maximum absolute atomic E-state index is 6.12. The van der Waals surface area contributed by atoms with E-state index in [0.717, 1.165) is 17.9 Å². The standard InChI is InChI=1S/C18H30N4OS/c1-4-8-14(3)17-16(23-17)11-13(2)12-24-18(21-19)22(20)15-9-6-5-7-10-15/h5-7,9-10,13-14,16-17H,4,8,11-12,19-20H2,1-3H3/b21-18+/t13?,14-,16?,17?/m1/s1. The molecule has 6 heteroatoms. The SMILES string of the molecule is CCC[C@@H](C)C1OC1CC(C)CS/C(=N/N)N(N)c1ccccc1. The second kappa shape index (κ2) is 9.30. The molecule has 0 aliphatic carbocycles. The molecular weight excluding hydrogens is 320 g/mol. The van der Waals surface area contributed by atoms with Gasteiger partial charge in [0.1, 0.15) is 0 Å². The molecular formula is C18H30N4OS. The molecule has 1 aromatic carbocycles. The van der Waals surface area contributed by atoms with Gasteiger partial charge >= 0.3 is 0 Å². The largest absolute Gasteiger partial charge is 0.369 e. The first-order chi connectivity index (χ1) is 11.6. The van der Waals surface area contributed by atoms with Gasteiger partial charge in [0.25, 0.3) is 0 Å². The lowest BCUT2D eigenvalue weighted by Gasteiger charge is -2.20. The molecule has 134 valence electrons. The third-order valence-electron chi connectivity index (χ3n) is 4.41. The number of para-hydroxylation sites is 1. The van der Waals surface area contributed by atoms with Gasteiger partial charge in [-0.3, -0.25) is 5.01 Å². The van der Waals surface area contributed by atoms with Crippen LogP contribution in [0.4, 0.5) is 5.69 Å². The van der Waals surface area contributed by atoms with E-state index in [4.69, 9.17) is 16.4 Å². The van der Waals surface area contributed by atoms with Gasteiger partial charge in [0, 0.05) is 5.75 Å². The van der Waals surface area contributed by atoms with E-state index in [2.05, 4.69) is 25.9 Å². The summed E-state index contributed by atoms with van der Waals surface area (Å²) in [5.41, 5.74) is 0.876. The van der Waals surface area contributed by atoms with Crippen molar-refractivity contribution in [2.75, 3.05) is 10.8 Å². The quantitative estimate of drug-likeness (QED) is 0.246. The lowest BCUT2D eigenvalue weighted by molar-refractivity contribution is 0.307. The average molecular weight is 351 g/mol. The lowest BCUT2D eigenvalue weighted by Crippen LogP contribution is -2.36. The van der Waals surface area contributed by atoms with Crippen molar-refractivity contribution >= 4 is 22.6 Å². The van der Waals surface area contributed by atoms with Crippen LogP contribution in [0.15, 0.2) is 35.4 Å². The number of benzene rings is 1. The van der Waals surface area contributed by atoms with Crippen LogP contribution in [-0.2, 0) is 4.74 Å². The zero-order valence-electron chi connectivity index (χ0n) is 14.9. The normalized spacial score (nSPS) is 22.9. The molecule has 1 aliphatic heterocycles. The number of thioether (sulfide) groups is 1. The van der Waals surface area contributed by atoms with Gasteiger partial charge in [0.2, 0.25) is 5.17 Å². The molecule has 0 saturated carbocycles. The van der Waals surface area contributed by atoms with Crippen LogP contribution in [0.25, 0.3) is 0 Å². The fourth-order valence-corrected chi connectivity index (χ4v) is 3.90. The maximum atomic E-state index is 6.12. The van der Waals surface area contributed by atoms with Crippen molar-refractivity contribution in [3.63, 3.8) is 0 Å². The van der Waals surface area contributed by atoms with Crippen LogP contribution in [0.2, 0.25) is 0 Å². The molecule has 2 rings (SSSR count). The Labute approximate surface area is 149 Å². The molecule has 1 aromatic rings.